The molecule has 102 heavy (non-hydrogen) atoms. The van der Waals surface area contributed by atoms with E-state index in [0.29, 0.717) is 25.7 Å². The highest BCUT2D eigenvalue weighted by Crippen LogP contribution is 2.45. The fourth-order valence-electron chi connectivity index (χ4n) is 12.9. The van der Waals surface area contributed by atoms with Gasteiger partial charge in [-0.2, -0.15) is 0 Å². The molecule has 0 saturated heterocycles. The smallest absolute Gasteiger partial charge is 0.462 e. The molecular formula is C83H162O17P2. The minimum atomic E-state index is -4.96. The Morgan fingerprint density at radius 1 is 0.265 bits per heavy atom. The van der Waals surface area contributed by atoms with Crippen molar-refractivity contribution in [2.45, 2.75) is 458 Å². The molecule has 19 heteroatoms. The first-order chi connectivity index (χ1) is 49.4. The molecule has 0 aliphatic rings. The summed E-state index contributed by atoms with van der Waals surface area (Å²) < 4.78 is 68.8. The molecule has 0 amide bonds. The lowest BCUT2D eigenvalue weighted by Crippen LogP contribution is -2.30. The summed E-state index contributed by atoms with van der Waals surface area (Å²) in [5.41, 5.74) is 0. The summed E-state index contributed by atoms with van der Waals surface area (Å²) in [4.78, 5) is 73.2. The van der Waals surface area contributed by atoms with Crippen molar-refractivity contribution in [3.63, 3.8) is 0 Å². The number of carbonyl (C=O) groups excluding carboxylic acids is 4. The molecule has 0 saturated carbocycles. The van der Waals surface area contributed by atoms with Gasteiger partial charge in [0.1, 0.15) is 19.3 Å². The summed E-state index contributed by atoms with van der Waals surface area (Å²) in [6, 6.07) is 0. The van der Waals surface area contributed by atoms with Gasteiger partial charge in [-0.05, 0) is 37.5 Å². The van der Waals surface area contributed by atoms with Gasteiger partial charge in [-0.15, -0.1) is 0 Å². The zero-order chi connectivity index (χ0) is 74.9. The van der Waals surface area contributed by atoms with Crippen LogP contribution in [0.1, 0.15) is 440 Å². The molecule has 0 aliphatic heterocycles. The highest BCUT2D eigenvalue weighted by atomic mass is 31.2. The van der Waals surface area contributed by atoms with E-state index in [-0.39, 0.29) is 25.7 Å². The van der Waals surface area contributed by atoms with E-state index in [2.05, 4.69) is 41.5 Å². The van der Waals surface area contributed by atoms with Crippen LogP contribution in [0, 0.1) is 11.8 Å². The van der Waals surface area contributed by atoms with Gasteiger partial charge in [0.15, 0.2) is 12.2 Å². The van der Waals surface area contributed by atoms with Crippen LogP contribution < -0.4 is 0 Å². The summed E-state index contributed by atoms with van der Waals surface area (Å²) in [5.74, 6) is -0.545. The molecular weight excluding hydrogens is 1330 g/mol. The number of ether oxygens (including phenoxy) is 4. The van der Waals surface area contributed by atoms with Gasteiger partial charge in [-0.1, -0.05) is 388 Å². The van der Waals surface area contributed by atoms with Crippen molar-refractivity contribution in [3.05, 3.63) is 0 Å². The molecule has 5 atom stereocenters. The highest BCUT2D eigenvalue weighted by molar-refractivity contribution is 7.47. The van der Waals surface area contributed by atoms with E-state index >= 15 is 0 Å². The van der Waals surface area contributed by atoms with E-state index < -0.39 is 97.5 Å². The lowest BCUT2D eigenvalue weighted by Gasteiger charge is -2.21. The molecule has 0 heterocycles. The molecule has 0 fully saturated rings. The number of aliphatic hydroxyl groups is 1. The van der Waals surface area contributed by atoms with Crippen LogP contribution >= 0.6 is 15.6 Å². The fourth-order valence-corrected chi connectivity index (χ4v) is 14.5. The molecule has 0 bridgehead atoms. The van der Waals surface area contributed by atoms with E-state index in [4.69, 9.17) is 37.0 Å². The molecule has 0 aromatic carbocycles. The second-order valence-electron chi connectivity index (χ2n) is 30.8. The minimum Gasteiger partial charge on any atom is -0.462 e. The Kier molecular flexibility index (Phi) is 73.1. The summed E-state index contributed by atoms with van der Waals surface area (Å²) in [5, 5.41) is 10.7. The van der Waals surface area contributed by atoms with Crippen LogP contribution in [-0.4, -0.2) is 96.7 Å². The Hall–Kier alpha value is -1.94. The van der Waals surface area contributed by atoms with Gasteiger partial charge >= 0.3 is 39.5 Å². The molecule has 0 aromatic rings. The Balaban J connectivity index is 5.26. The molecule has 606 valence electrons. The molecule has 0 spiro atoms. The van der Waals surface area contributed by atoms with Gasteiger partial charge < -0.3 is 33.8 Å². The van der Waals surface area contributed by atoms with Crippen molar-refractivity contribution in [1.29, 1.82) is 0 Å². The summed E-state index contributed by atoms with van der Waals surface area (Å²) in [7, 11) is -9.92. The Morgan fingerprint density at radius 3 is 0.667 bits per heavy atom. The van der Waals surface area contributed by atoms with Crippen LogP contribution in [0.2, 0.25) is 0 Å². The third-order valence-electron chi connectivity index (χ3n) is 19.5. The van der Waals surface area contributed by atoms with E-state index in [9.17, 15) is 43.2 Å². The second-order valence-corrected chi connectivity index (χ2v) is 33.7. The van der Waals surface area contributed by atoms with Crippen molar-refractivity contribution in [2.75, 3.05) is 39.6 Å². The number of rotatable bonds is 82. The average Bonchev–Trinajstić information content (AvgIpc) is 0.919. The van der Waals surface area contributed by atoms with Crippen molar-refractivity contribution in [2.24, 2.45) is 11.8 Å². The topological polar surface area (TPSA) is 237 Å². The second kappa shape index (κ2) is 74.5. The van der Waals surface area contributed by atoms with Crippen molar-refractivity contribution in [1.82, 2.24) is 0 Å². The molecule has 0 aliphatic carbocycles. The first-order valence-electron chi connectivity index (χ1n) is 43.0. The number of hydrogen-bond acceptors (Lipinski definition) is 15. The van der Waals surface area contributed by atoms with E-state index in [1.807, 2.05) is 0 Å². The first-order valence-corrected chi connectivity index (χ1v) is 46.0. The van der Waals surface area contributed by atoms with Crippen LogP contribution in [0.25, 0.3) is 0 Å². The largest absolute Gasteiger partial charge is 0.472 e. The lowest BCUT2D eigenvalue weighted by molar-refractivity contribution is -0.161. The third kappa shape index (κ3) is 76.3. The third-order valence-corrected chi connectivity index (χ3v) is 21.4. The number of esters is 4. The highest BCUT2D eigenvalue weighted by Gasteiger charge is 2.30. The summed E-state index contributed by atoms with van der Waals surface area (Å²) in [6.45, 7) is 9.68. The zero-order valence-corrected chi connectivity index (χ0v) is 68.7. The van der Waals surface area contributed by atoms with Gasteiger partial charge in [0.05, 0.1) is 26.4 Å². The molecule has 0 aromatic heterocycles. The molecule has 0 rings (SSSR count). The van der Waals surface area contributed by atoms with Crippen LogP contribution in [0.15, 0.2) is 0 Å². The lowest BCUT2D eigenvalue weighted by atomic mass is 10.0. The molecule has 2 unspecified atom stereocenters. The first kappa shape index (κ1) is 100. The fraction of sp³-hybridized carbons (Fsp3) is 0.952. The van der Waals surface area contributed by atoms with Crippen LogP contribution in [0.4, 0.5) is 0 Å². The quantitative estimate of drug-likeness (QED) is 0.0222. The van der Waals surface area contributed by atoms with Gasteiger partial charge in [-0.25, -0.2) is 9.13 Å². The van der Waals surface area contributed by atoms with E-state index in [1.54, 1.807) is 0 Å². The van der Waals surface area contributed by atoms with E-state index in [0.717, 1.165) is 102 Å². The maximum absolute atomic E-state index is 13.1. The maximum Gasteiger partial charge on any atom is 0.472 e. The molecule has 3 N–H and O–H groups in total. The van der Waals surface area contributed by atoms with Crippen molar-refractivity contribution >= 4 is 39.5 Å². The van der Waals surface area contributed by atoms with Gasteiger partial charge in [0, 0.05) is 25.7 Å². The maximum atomic E-state index is 13.1. The Bertz CT molecular complexity index is 1960. The Morgan fingerprint density at radius 2 is 0.451 bits per heavy atom. The van der Waals surface area contributed by atoms with Gasteiger partial charge in [0.2, 0.25) is 0 Å². The average molecular weight is 1490 g/mol. The summed E-state index contributed by atoms with van der Waals surface area (Å²) >= 11 is 0. The number of phosphoric acid groups is 2. The van der Waals surface area contributed by atoms with Gasteiger partial charge in [0.25, 0.3) is 0 Å². The van der Waals surface area contributed by atoms with Crippen molar-refractivity contribution in [3.8, 4) is 0 Å². The number of carbonyl (C=O) groups is 4. The molecule has 17 nitrogen and oxygen atoms in total. The predicted molar refractivity (Wildman–Crippen MR) is 418 cm³/mol. The normalized spacial score (nSPS) is 13.9. The predicted octanol–water partition coefficient (Wildman–Crippen LogP) is 25.1. The number of unbranched alkanes of at least 4 members (excludes halogenated alkanes) is 52. The van der Waals surface area contributed by atoms with Gasteiger partial charge in [-0.3, -0.25) is 37.3 Å². The van der Waals surface area contributed by atoms with E-state index in [1.165, 1.54) is 257 Å². The minimum absolute atomic E-state index is 0.108. The standard InChI is InChI=1S/C83H162O17P2/c1-7-9-11-13-15-17-19-21-23-24-25-26-32-36-44-50-56-62-68-83(88)99-78(71-93-80(85)65-59-53-47-41-34-31-28-27-29-33-39-45-51-57-63-75(3)4)73-97-101(89,90)95-69-77(84)70-96-102(91,92)98-74-79(72-94-81(86)66-60-54-48-42-38-37-40-46-52-58-64-76(5)6)100-82(87)67-61-55-49-43-35-30-22-20-18-16-14-12-10-8-2/h75-79,84H,7-74H2,1-6H3,(H,89,90)(H,91,92)/t77-,78-,79-/m1/s1. The number of hydrogen-bond donors (Lipinski definition) is 3. The SMILES string of the molecule is CCCCCCCCCCCCCCCCCCCCC(=O)O[C@H](COC(=O)CCCCCCCCCCCCCCCCC(C)C)COP(=O)(O)OC[C@@H](O)COP(=O)(O)OC[C@@H](COC(=O)CCCCCCCCCCCCC(C)C)OC(=O)CCCCCCCCCCCCCCCC. The van der Waals surface area contributed by atoms with Crippen LogP contribution in [0.3, 0.4) is 0 Å². The van der Waals surface area contributed by atoms with Crippen molar-refractivity contribution < 1.29 is 80.2 Å². The number of phosphoric ester groups is 2. The Labute approximate surface area is 626 Å². The van der Waals surface area contributed by atoms with Crippen LogP contribution in [-0.2, 0) is 65.4 Å². The molecule has 0 radical (unpaired) electrons. The summed E-state index contributed by atoms with van der Waals surface area (Å²) in [6.07, 6.45) is 65.1. The zero-order valence-electron chi connectivity index (χ0n) is 66.9. The number of aliphatic hydroxyl groups excluding tert-OH is 1. The monoisotopic (exact) mass is 1490 g/mol. The van der Waals surface area contributed by atoms with Crippen LogP contribution in [0.5, 0.6) is 0 Å².